The van der Waals surface area contributed by atoms with Crippen molar-refractivity contribution in [3.8, 4) is 0 Å². The normalized spacial score (nSPS) is 14.1. The van der Waals surface area contributed by atoms with Crippen molar-refractivity contribution in [2.75, 3.05) is 63.9 Å². The topological polar surface area (TPSA) is 89.8 Å². The van der Waals surface area contributed by atoms with Crippen LogP contribution in [0.15, 0.2) is 85.3 Å². The lowest BCUT2D eigenvalue weighted by atomic mass is 10.1. The predicted molar refractivity (Wildman–Crippen MR) is 155 cm³/mol. The van der Waals surface area contributed by atoms with Crippen molar-refractivity contribution in [3.63, 3.8) is 0 Å². The SMILES string of the molecule is C=C(NCCc1ccccc1)N(CCN1CCN(C)CC1)Cc1ccc(C(=O)Nc2ccccc2N)nc1. The van der Waals surface area contributed by atoms with Gasteiger partial charge in [0.25, 0.3) is 5.91 Å². The van der Waals surface area contributed by atoms with Crippen molar-refractivity contribution < 1.29 is 4.79 Å². The van der Waals surface area contributed by atoms with Crippen LogP contribution in [-0.4, -0.2) is 78.5 Å². The van der Waals surface area contributed by atoms with Gasteiger partial charge in [-0.3, -0.25) is 14.7 Å². The van der Waals surface area contributed by atoms with E-state index in [4.69, 9.17) is 5.73 Å². The molecular formula is C30H39N7O. The molecule has 0 saturated carbocycles. The second-order valence-electron chi connectivity index (χ2n) is 9.77. The first-order valence-electron chi connectivity index (χ1n) is 13.2. The van der Waals surface area contributed by atoms with Gasteiger partial charge in [0.05, 0.1) is 17.2 Å². The number of nitrogens with zero attached hydrogens (tertiary/aromatic N) is 4. The average molecular weight is 514 g/mol. The highest BCUT2D eigenvalue weighted by Crippen LogP contribution is 2.18. The van der Waals surface area contributed by atoms with Crippen molar-refractivity contribution in [3.05, 3.63) is 102 Å². The van der Waals surface area contributed by atoms with E-state index in [2.05, 4.69) is 68.2 Å². The molecule has 1 aliphatic heterocycles. The molecule has 0 unspecified atom stereocenters. The first-order chi connectivity index (χ1) is 18.5. The number of pyridine rings is 1. The number of amides is 1. The van der Waals surface area contributed by atoms with E-state index in [1.807, 2.05) is 24.3 Å². The van der Waals surface area contributed by atoms with Crippen molar-refractivity contribution in [1.82, 2.24) is 25.0 Å². The van der Waals surface area contributed by atoms with Crippen LogP contribution in [0, 0.1) is 0 Å². The zero-order valence-electron chi connectivity index (χ0n) is 22.3. The van der Waals surface area contributed by atoms with Crippen molar-refractivity contribution in [2.45, 2.75) is 13.0 Å². The quantitative estimate of drug-likeness (QED) is 0.320. The molecule has 0 atom stereocenters. The van der Waals surface area contributed by atoms with E-state index in [-0.39, 0.29) is 5.91 Å². The highest BCUT2D eigenvalue weighted by Gasteiger charge is 2.17. The number of nitrogen functional groups attached to an aromatic ring is 1. The Labute approximate surface area is 226 Å². The number of rotatable bonds is 12. The van der Waals surface area contributed by atoms with E-state index in [1.165, 1.54) is 5.56 Å². The predicted octanol–water partition coefficient (Wildman–Crippen LogP) is 3.27. The maximum absolute atomic E-state index is 12.7. The Morgan fingerprint density at radius 3 is 2.45 bits per heavy atom. The van der Waals surface area contributed by atoms with Gasteiger partial charge in [-0.25, -0.2) is 0 Å². The molecule has 8 nitrogen and oxygen atoms in total. The van der Waals surface area contributed by atoms with E-state index < -0.39 is 0 Å². The van der Waals surface area contributed by atoms with Crippen LogP contribution in [0.2, 0.25) is 0 Å². The summed E-state index contributed by atoms with van der Waals surface area (Å²) in [5, 5.41) is 6.35. The summed E-state index contributed by atoms with van der Waals surface area (Å²) in [5.41, 5.74) is 9.72. The van der Waals surface area contributed by atoms with Gasteiger partial charge >= 0.3 is 0 Å². The molecule has 1 amide bonds. The molecule has 4 rings (SSSR count). The lowest BCUT2D eigenvalue weighted by molar-refractivity contribution is 0.102. The molecule has 0 bridgehead atoms. The monoisotopic (exact) mass is 513 g/mol. The van der Waals surface area contributed by atoms with E-state index in [9.17, 15) is 4.79 Å². The number of nitrogens with two attached hydrogens (primary N) is 1. The molecule has 0 radical (unpaired) electrons. The Morgan fingerprint density at radius 1 is 1.00 bits per heavy atom. The third kappa shape index (κ3) is 8.06. The second kappa shape index (κ2) is 13.6. The number of nitrogens with one attached hydrogen (secondary N) is 2. The van der Waals surface area contributed by atoms with Gasteiger partial charge in [0, 0.05) is 58.6 Å². The molecule has 0 aliphatic carbocycles. The molecule has 2 heterocycles. The molecule has 0 spiro atoms. The summed E-state index contributed by atoms with van der Waals surface area (Å²) in [6.07, 6.45) is 2.70. The lowest BCUT2D eigenvalue weighted by Crippen LogP contribution is -2.47. The number of para-hydroxylation sites is 2. The molecule has 2 aromatic carbocycles. The van der Waals surface area contributed by atoms with E-state index >= 15 is 0 Å². The molecule has 1 saturated heterocycles. The van der Waals surface area contributed by atoms with Gasteiger partial charge in [-0.1, -0.05) is 55.1 Å². The maximum atomic E-state index is 12.7. The van der Waals surface area contributed by atoms with Gasteiger partial charge in [-0.15, -0.1) is 0 Å². The Kier molecular flexibility index (Phi) is 9.72. The number of hydrogen-bond acceptors (Lipinski definition) is 7. The van der Waals surface area contributed by atoms with Crippen LogP contribution in [0.4, 0.5) is 11.4 Å². The largest absolute Gasteiger partial charge is 0.397 e. The summed E-state index contributed by atoms with van der Waals surface area (Å²) in [6.45, 7) is 12.0. The summed E-state index contributed by atoms with van der Waals surface area (Å²) in [5.74, 6) is 0.616. The van der Waals surface area contributed by atoms with Gasteiger partial charge in [0.2, 0.25) is 0 Å². The first kappa shape index (κ1) is 27.2. The van der Waals surface area contributed by atoms with Crippen LogP contribution in [0.5, 0.6) is 0 Å². The van der Waals surface area contributed by atoms with E-state index in [0.29, 0.717) is 23.6 Å². The lowest BCUT2D eigenvalue weighted by Gasteiger charge is -2.35. The fourth-order valence-electron chi connectivity index (χ4n) is 4.42. The number of anilines is 2. The van der Waals surface area contributed by atoms with Gasteiger partial charge in [-0.2, -0.15) is 0 Å². The summed E-state index contributed by atoms with van der Waals surface area (Å²) in [7, 11) is 2.17. The molecule has 200 valence electrons. The number of carbonyl (C=O) groups is 1. The Bertz CT molecular complexity index is 1170. The highest BCUT2D eigenvalue weighted by atomic mass is 16.1. The first-order valence-corrected chi connectivity index (χ1v) is 13.2. The van der Waals surface area contributed by atoms with Gasteiger partial charge in [0.1, 0.15) is 5.69 Å². The van der Waals surface area contributed by atoms with E-state index in [0.717, 1.165) is 63.6 Å². The van der Waals surface area contributed by atoms with Gasteiger partial charge in [-0.05, 0) is 42.8 Å². The third-order valence-electron chi connectivity index (χ3n) is 6.89. The minimum absolute atomic E-state index is 0.284. The molecule has 1 aromatic heterocycles. The number of carbonyl (C=O) groups excluding carboxylic acids is 1. The molecule has 3 aromatic rings. The maximum Gasteiger partial charge on any atom is 0.274 e. The summed E-state index contributed by atoms with van der Waals surface area (Å²) in [4.78, 5) is 24.2. The zero-order chi connectivity index (χ0) is 26.7. The van der Waals surface area contributed by atoms with Crippen LogP contribution in [0.3, 0.4) is 0 Å². The molecule has 4 N–H and O–H groups in total. The molecule has 1 fully saturated rings. The van der Waals surface area contributed by atoms with Crippen molar-refractivity contribution >= 4 is 17.3 Å². The van der Waals surface area contributed by atoms with Crippen molar-refractivity contribution in [1.29, 1.82) is 0 Å². The van der Waals surface area contributed by atoms with Gasteiger partial charge < -0.3 is 26.2 Å². The molecule has 1 aliphatic rings. The number of benzene rings is 2. The minimum atomic E-state index is -0.284. The smallest absolute Gasteiger partial charge is 0.274 e. The minimum Gasteiger partial charge on any atom is -0.397 e. The van der Waals surface area contributed by atoms with Crippen LogP contribution in [-0.2, 0) is 13.0 Å². The molecule has 8 heteroatoms. The molecular weight excluding hydrogens is 474 g/mol. The molecule has 38 heavy (non-hydrogen) atoms. The van der Waals surface area contributed by atoms with Crippen LogP contribution >= 0.6 is 0 Å². The standard InChI is InChI=1S/C30H39N7O/c1-24(32-15-14-25-8-4-3-5-9-25)37(21-20-36-18-16-35(2)17-19-36)23-26-12-13-29(33-22-26)30(38)34-28-11-7-6-10-27(28)31/h3-13,22,32H,1,14-21,23,31H2,2H3,(H,34,38). The third-order valence-corrected chi connectivity index (χ3v) is 6.89. The fourth-order valence-corrected chi connectivity index (χ4v) is 4.42. The fraction of sp³-hybridized carbons (Fsp3) is 0.333. The van der Waals surface area contributed by atoms with Crippen LogP contribution < -0.4 is 16.4 Å². The second-order valence-corrected chi connectivity index (χ2v) is 9.77. The Balaban J connectivity index is 1.36. The van der Waals surface area contributed by atoms with E-state index in [1.54, 1.807) is 24.4 Å². The number of aromatic nitrogens is 1. The van der Waals surface area contributed by atoms with Crippen molar-refractivity contribution in [2.24, 2.45) is 0 Å². The Hall–Kier alpha value is -3.88. The van der Waals surface area contributed by atoms with Gasteiger partial charge in [0.15, 0.2) is 0 Å². The summed E-state index contributed by atoms with van der Waals surface area (Å²) >= 11 is 0. The summed E-state index contributed by atoms with van der Waals surface area (Å²) < 4.78 is 0. The number of piperazine rings is 1. The average Bonchev–Trinajstić information content (AvgIpc) is 2.94. The Morgan fingerprint density at radius 2 is 1.74 bits per heavy atom. The van der Waals surface area contributed by atoms with Crippen LogP contribution in [0.25, 0.3) is 0 Å². The number of hydrogen-bond donors (Lipinski definition) is 3. The number of likely N-dealkylation sites (N-methyl/N-ethyl adjacent to an activating group) is 1. The zero-order valence-corrected chi connectivity index (χ0v) is 22.3. The highest BCUT2D eigenvalue weighted by molar-refractivity contribution is 6.04. The van der Waals surface area contributed by atoms with Crippen LogP contribution in [0.1, 0.15) is 21.6 Å². The summed E-state index contributed by atoms with van der Waals surface area (Å²) in [6, 6.07) is 21.4.